The van der Waals surface area contributed by atoms with Gasteiger partial charge in [0, 0.05) is 11.1 Å². The van der Waals surface area contributed by atoms with E-state index < -0.39 is 5.82 Å². The second-order valence-electron chi connectivity index (χ2n) is 5.83. The summed E-state index contributed by atoms with van der Waals surface area (Å²) in [6, 6.07) is 14.4. The molecule has 0 atom stereocenters. The Morgan fingerprint density at radius 2 is 1.72 bits per heavy atom. The molecular weight excluding hydrogens is 337 g/mol. The van der Waals surface area contributed by atoms with Crippen LogP contribution >= 0.6 is 11.6 Å². The second-order valence-corrected chi connectivity index (χ2v) is 6.23. The summed E-state index contributed by atoms with van der Waals surface area (Å²) in [4.78, 5) is 4.41. The largest absolute Gasteiger partial charge is 0.383 e. The molecule has 0 amide bonds. The first-order chi connectivity index (χ1) is 11.9. The molecule has 5 heteroatoms. The molecule has 0 saturated heterocycles. The zero-order chi connectivity index (χ0) is 18.1. The monoisotopic (exact) mass is 351 g/mol. The zero-order valence-corrected chi connectivity index (χ0v) is 14.5. The van der Waals surface area contributed by atoms with Crippen LogP contribution < -0.4 is 5.73 Å². The summed E-state index contributed by atoms with van der Waals surface area (Å²) < 4.78 is 13.9. The molecule has 0 spiro atoms. The van der Waals surface area contributed by atoms with Crippen LogP contribution in [0.15, 0.2) is 42.5 Å². The Labute approximate surface area is 150 Å². The molecule has 2 aromatic carbocycles. The molecular formula is C20H15ClFN3. The van der Waals surface area contributed by atoms with Gasteiger partial charge in [0.15, 0.2) is 0 Å². The van der Waals surface area contributed by atoms with Gasteiger partial charge in [0.25, 0.3) is 0 Å². The van der Waals surface area contributed by atoms with Gasteiger partial charge in [-0.1, -0.05) is 47.5 Å². The van der Waals surface area contributed by atoms with Crippen LogP contribution in [0.4, 0.5) is 10.2 Å². The Hall–Kier alpha value is -2.90. The topological polar surface area (TPSA) is 62.7 Å². The summed E-state index contributed by atoms with van der Waals surface area (Å²) >= 11 is 5.78. The van der Waals surface area contributed by atoms with Crippen molar-refractivity contribution in [2.75, 3.05) is 5.73 Å². The number of nitriles is 1. The van der Waals surface area contributed by atoms with E-state index in [2.05, 4.69) is 11.1 Å². The molecule has 3 aromatic rings. The van der Waals surface area contributed by atoms with Crippen LogP contribution in [0.25, 0.3) is 22.4 Å². The number of nitrogens with zero attached hydrogens (tertiary/aromatic N) is 2. The lowest BCUT2D eigenvalue weighted by Gasteiger charge is -2.15. The third-order valence-corrected chi connectivity index (χ3v) is 4.42. The Kier molecular flexibility index (Phi) is 4.43. The van der Waals surface area contributed by atoms with E-state index in [1.54, 1.807) is 6.07 Å². The maximum Gasteiger partial charge on any atom is 0.142 e. The number of nitrogen functional groups attached to an aromatic ring is 1. The van der Waals surface area contributed by atoms with Gasteiger partial charge in [-0.05, 0) is 37.1 Å². The number of pyridine rings is 1. The molecule has 0 bridgehead atoms. The van der Waals surface area contributed by atoms with Crippen molar-refractivity contribution >= 4 is 17.4 Å². The minimum absolute atomic E-state index is 0.0284. The van der Waals surface area contributed by atoms with Crippen LogP contribution in [-0.2, 0) is 0 Å². The van der Waals surface area contributed by atoms with Gasteiger partial charge < -0.3 is 5.73 Å². The van der Waals surface area contributed by atoms with Gasteiger partial charge in [-0.15, -0.1) is 0 Å². The summed E-state index contributed by atoms with van der Waals surface area (Å²) in [6.07, 6.45) is 0. The number of nitrogens with two attached hydrogens (primary N) is 1. The second kappa shape index (κ2) is 6.54. The average Bonchev–Trinajstić information content (AvgIpc) is 2.59. The summed E-state index contributed by atoms with van der Waals surface area (Å²) in [5.41, 5.74) is 10.8. The first-order valence-corrected chi connectivity index (χ1v) is 8.02. The summed E-state index contributed by atoms with van der Waals surface area (Å²) in [5, 5.41) is 9.55. The minimum atomic E-state index is -0.547. The van der Waals surface area contributed by atoms with Gasteiger partial charge in [0.05, 0.1) is 10.7 Å². The number of benzene rings is 2. The van der Waals surface area contributed by atoms with Gasteiger partial charge in [-0.25, -0.2) is 9.37 Å². The van der Waals surface area contributed by atoms with Crippen molar-refractivity contribution < 1.29 is 4.39 Å². The maximum absolute atomic E-state index is 13.9. The molecule has 124 valence electrons. The predicted octanol–water partition coefficient (Wildman–Crippen LogP) is 5.28. The van der Waals surface area contributed by atoms with Gasteiger partial charge in [-0.2, -0.15) is 5.26 Å². The zero-order valence-electron chi connectivity index (χ0n) is 13.8. The van der Waals surface area contributed by atoms with E-state index in [9.17, 15) is 9.65 Å². The third kappa shape index (κ3) is 3.07. The highest BCUT2D eigenvalue weighted by Gasteiger charge is 2.19. The number of anilines is 1. The molecule has 3 rings (SSSR count). The molecule has 0 unspecified atom stereocenters. The lowest BCUT2D eigenvalue weighted by Crippen LogP contribution is -2.03. The normalized spacial score (nSPS) is 10.5. The number of aryl methyl sites for hydroxylation is 1. The maximum atomic E-state index is 13.9. The lowest BCUT2D eigenvalue weighted by molar-refractivity contribution is 0.629. The van der Waals surface area contributed by atoms with E-state index in [4.69, 9.17) is 17.3 Å². The molecule has 0 aliphatic rings. The van der Waals surface area contributed by atoms with Crippen molar-refractivity contribution in [1.29, 1.82) is 5.26 Å². The fourth-order valence-corrected chi connectivity index (χ4v) is 2.93. The molecule has 0 aliphatic carbocycles. The average molecular weight is 352 g/mol. The summed E-state index contributed by atoms with van der Waals surface area (Å²) in [6.45, 7) is 3.85. The molecule has 0 fully saturated rings. The van der Waals surface area contributed by atoms with Crippen molar-refractivity contribution in [3.05, 3.63) is 70.0 Å². The fourth-order valence-electron chi connectivity index (χ4n) is 2.81. The summed E-state index contributed by atoms with van der Waals surface area (Å²) in [5.74, 6) is -0.427. The minimum Gasteiger partial charge on any atom is -0.383 e. The van der Waals surface area contributed by atoms with Crippen molar-refractivity contribution in [3.8, 4) is 28.5 Å². The van der Waals surface area contributed by atoms with E-state index in [0.717, 1.165) is 16.7 Å². The highest BCUT2D eigenvalue weighted by molar-refractivity contribution is 6.30. The fraction of sp³-hybridized carbons (Fsp3) is 0.100. The molecule has 1 aromatic heterocycles. The number of aromatic nitrogens is 1. The van der Waals surface area contributed by atoms with Crippen molar-refractivity contribution in [2.24, 2.45) is 0 Å². The molecule has 0 radical (unpaired) electrons. The molecule has 3 nitrogen and oxygen atoms in total. The standard InChI is InChI=1S/C20H15ClFN3/c1-11-3-5-13(6-4-11)19-12(2)18(15(10-23)20(24)25-19)14-7-8-16(21)17(22)9-14/h3-9H,1-2H3,(H2,24,25). The smallest absolute Gasteiger partial charge is 0.142 e. The van der Waals surface area contributed by atoms with Crippen LogP contribution in [-0.4, -0.2) is 4.98 Å². The van der Waals surface area contributed by atoms with Crippen LogP contribution in [0.1, 0.15) is 16.7 Å². The number of hydrogen-bond acceptors (Lipinski definition) is 3. The first-order valence-electron chi connectivity index (χ1n) is 7.65. The van der Waals surface area contributed by atoms with E-state index in [1.165, 1.54) is 12.1 Å². The van der Waals surface area contributed by atoms with E-state index in [0.29, 0.717) is 16.8 Å². The summed E-state index contributed by atoms with van der Waals surface area (Å²) in [7, 11) is 0. The van der Waals surface area contributed by atoms with Gasteiger partial charge in [-0.3, -0.25) is 0 Å². The van der Waals surface area contributed by atoms with E-state index >= 15 is 0 Å². The Balaban J connectivity index is 2.31. The highest BCUT2D eigenvalue weighted by Crippen LogP contribution is 2.36. The Morgan fingerprint density at radius 3 is 2.32 bits per heavy atom. The highest BCUT2D eigenvalue weighted by atomic mass is 35.5. The predicted molar refractivity (Wildman–Crippen MR) is 98.7 cm³/mol. The van der Waals surface area contributed by atoms with Gasteiger partial charge in [0.2, 0.25) is 0 Å². The van der Waals surface area contributed by atoms with Crippen LogP contribution in [0.3, 0.4) is 0 Å². The molecule has 1 heterocycles. The van der Waals surface area contributed by atoms with Gasteiger partial charge >= 0.3 is 0 Å². The quantitative estimate of drug-likeness (QED) is 0.683. The molecule has 2 N–H and O–H groups in total. The Morgan fingerprint density at radius 1 is 1.08 bits per heavy atom. The van der Waals surface area contributed by atoms with Crippen LogP contribution in [0.5, 0.6) is 0 Å². The van der Waals surface area contributed by atoms with E-state index in [-0.39, 0.29) is 16.4 Å². The van der Waals surface area contributed by atoms with Crippen molar-refractivity contribution in [1.82, 2.24) is 4.98 Å². The van der Waals surface area contributed by atoms with Gasteiger partial charge in [0.1, 0.15) is 23.3 Å². The number of rotatable bonds is 2. The SMILES string of the molecule is Cc1ccc(-c2nc(N)c(C#N)c(-c3ccc(Cl)c(F)c3)c2C)cc1. The third-order valence-electron chi connectivity index (χ3n) is 4.11. The van der Waals surface area contributed by atoms with E-state index in [1.807, 2.05) is 38.1 Å². The Bertz CT molecular complexity index is 1000. The lowest BCUT2D eigenvalue weighted by atomic mass is 9.92. The molecule has 0 saturated carbocycles. The first kappa shape index (κ1) is 16.9. The van der Waals surface area contributed by atoms with Crippen molar-refractivity contribution in [3.63, 3.8) is 0 Å². The molecule has 0 aliphatic heterocycles. The number of halogens is 2. The van der Waals surface area contributed by atoms with Crippen LogP contribution in [0.2, 0.25) is 5.02 Å². The number of hydrogen-bond donors (Lipinski definition) is 1. The van der Waals surface area contributed by atoms with Crippen molar-refractivity contribution in [2.45, 2.75) is 13.8 Å². The van der Waals surface area contributed by atoms with Crippen LogP contribution in [0, 0.1) is 31.0 Å². The molecule has 25 heavy (non-hydrogen) atoms.